The predicted octanol–water partition coefficient (Wildman–Crippen LogP) is 3.93. The van der Waals surface area contributed by atoms with Crippen molar-refractivity contribution in [3.63, 3.8) is 0 Å². The average Bonchev–Trinajstić information content (AvgIpc) is 2.26. The van der Waals surface area contributed by atoms with Crippen molar-refractivity contribution >= 4 is 48.9 Å². The summed E-state index contributed by atoms with van der Waals surface area (Å²) in [7, 11) is 0. The zero-order chi connectivity index (χ0) is 11.5. The van der Waals surface area contributed by atoms with Gasteiger partial charge in [-0.1, -0.05) is 15.9 Å². The van der Waals surface area contributed by atoms with Gasteiger partial charge in [0.1, 0.15) is 0 Å². The molecule has 2 rings (SSSR count). The zero-order valence-corrected chi connectivity index (χ0v) is 11.4. The van der Waals surface area contributed by atoms with Crippen LogP contribution in [0.25, 0.3) is 0 Å². The minimum atomic E-state index is 0.609. The third kappa shape index (κ3) is 2.54. The number of rotatable bonds is 2. The fourth-order valence-electron chi connectivity index (χ4n) is 1.26. The lowest BCUT2D eigenvalue weighted by molar-refractivity contribution is 1.31. The molecule has 0 aliphatic heterocycles. The maximum Gasteiger partial charge on any atom is 0.0794 e. The molecular formula is C11H9Br2N3. The first-order chi connectivity index (χ1) is 7.66. The number of nitrogens with two attached hydrogens (primary N) is 1. The zero-order valence-electron chi connectivity index (χ0n) is 8.24. The first kappa shape index (κ1) is 11.4. The summed E-state index contributed by atoms with van der Waals surface area (Å²) in [6.07, 6.45) is 3.32. The Morgan fingerprint density at radius 2 is 1.75 bits per heavy atom. The molecule has 0 saturated heterocycles. The normalized spacial score (nSPS) is 10.1. The lowest BCUT2D eigenvalue weighted by atomic mass is 10.3. The first-order valence-electron chi connectivity index (χ1n) is 4.58. The van der Waals surface area contributed by atoms with E-state index in [1.54, 1.807) is 12.4 Å². The highest BCUT2D eigenvalue weighted by molar-refractivity contribution is 9.10. The second kappa shape index (κ2) is 4.84. The molecule has 1 heterocycles. The van der Waals surface area contributed by atoms with Gasteiger partial charge < -0.3 is 11.1 Å². The van der Waals surface area contributed by atoms with E-state index >= 15 is 0 Å². The van der Waals surface area contributed by atoms with E-state index in [2.05, 4.69) is 42.2 Å². The number of nitrogens with zero attached hydrogens (tertiary/aromatic N) is 1. The van der Waals surface area contributed by atoms with Crippen molar-refractivity contribution in [2.75, 3.05) is 11.1 Å². The van der Waals surface area contributed by atoms with Crippen molar-refractivity contribution in [3.05, 3.63) is 45.6 Å². The summed E-state index contributed by atoms with van der Waals surface area (Å²) in [5.74, 6) is 0. The van der Waals surface area contributed by atoms with Crippen molar-refractivity contribution < 1.29 is 0 Å². The quantitative estimate of drug-likeness (QED) is 0.869. The van der Waals surface area contributed by atoms with Gasteiger partial charge in [-0.25, -0.2) is 0 Å². The number of anilines is 3. The molecule has 0 bridgehead atoms. The highest BCUT2D eigenvalue weighted by atomic mass is 79.9. The van der Waals surface area contributed by atoms with Crippen molar-refractivity contribution in [1.29, 1.82) is 0 Å². The minimum absolute atomic E-state index is 0.609. The summed E-state index contributed by atoms with van der Waals surface area (Å²) >= 11 is 6.79. The van der Waals surface area contributed by atoms with Gasteiger partial charge in [0.15, 0.2) is 0 Å². The summed E-state index contributed by atoms with van der Waals surface area (Å²) in [6, 6.07) is 7.87. The summed E-state index contributed by atoms with van der Waals surface area (Å²) < 4.78 is 1.88. The molecule has 0 radical (unpaired) electrons. The Balaban J connectivity index is 2.30. The van der Waals surface area contributed by atoms with Gasteiger partial charge in [-0.05, 0) is 40.2 Å². The Labute approximate surface area is 110 Å². The highest BCUT2D eigenvalue weighted by Crippen LogP contribution is 2.30. The Bertz CT molecular complexity index is 477. The van der Waals surface area contributed by atoms with Gasteiger partial charge in [-0.15, -0.1) is 0 Å². The van der Waals surface area contributed by atoms with Crippen LogP contribution >= 0.6 is 31.9 Å². The smallest absolute Gasteiger partial charge is 0.0794 e. The SMILES string of the molecule is Nc1cncc(Br)c1Nc1ccc(Br)cc1. The largest absolute Gasteiger partial charge is 0.396 e. The Hall–Kier alpha value is -1.07. The fraction of sp³-hybridized carbons (Fsp3) is 0. The lowest BCUT2D eigenvalue weighted by Gasteiger charge is -2.10. The van der Waals surface area contributed by atoms with E-state index in [0.717, 1.165) is 20.3 Å². The molecule has 3 nitrogen and oxygen atoms in total. The number of pyridine rings is 1. The summed E-state index contributed by atoms with van der Waals surface area (Å²) in [5, 5.41) is 3.23. The standard InChI is InChI=1S/C11H9Br2N3/c12-7-1-3-8(4-2-7)16-11-9(13)5-15-6-10(11)14/h1-6H,14H2,(H,15,16). The molecule has 0 unspecified atom stereocenters. The average molecular weight is 343 g/mol. The monoisotopic (exact) mass is 341 g/mol. The summed E-state index contributed by atoms with van der Waals surface area (Å²) in [4.78, 5) is 3.98. The van der Waals surface area contributed by atoms with Crippen LogP contribution in [0, 0.1) is 0 Å². The Morgan fingerprint density at radius 1 is 1.06 bits per heavy atom. The van der Waals surface area contributed by atoms with Gasteiger partial charge in [0.05, 0.1) is 22.0 Å². The van der Waals surface area contributed by atoms with Crippen LogP contribution in [0.3, 0.4) is 0 Å². The van der Waals surface area contributed by atoms with Crippen molar-refractivity contribution in [2.24, 2.45) is 0 Å². The summed E-state index contributed by atoms with van der Waals surface area (Å²) in [5.41, 5.74) is 8.25. The number of aromatic nitrogens is 1. The third-order valence-corrected chi connectivity index (χ3v) is 3.17. The number of benzene rings is 1. The third-order valence-electron chi connectivity index (χ3n) is 2.04. The first-order valence-corrected chi connectivity index (χ1v) is 6.17. The van der Waals surface area contributed by atoms with E-state index in [1.807, 2.05) is 24.3 Å². The molecule has 5 heteroatoms. The van der Waals surface area contributed by atoms with Crippen LogP contribution in [0.2, 0.25) is 0 Å². The van der Waals surface area contributed by atoms with Gasteiger partial charge in [0, 0.05) is 16.4 Å². The topological polar surface area (TPSA) is 50.9 Å². The van der Waals surface area contributed by atoms with Crippen LogP contribution < -0.4 is 11.1 Å². The van der Waals surface area contributed by atoms with Crippen molar-refractivity contribution in [3.8, 4) is 0 Å². The Kier molecular flexibility index (Phi) is 3.46. The molecule has 3 N–H and O–H groups in total. The van der Waals surface area contributed by atoms with Crippen LogP contribution in [0.1, 0.15) is 0 Å². The molecule has 0 spiro atoms. The number of nitrogens with one attached hydrogen (secondary N) is 1. The van der Waals surface area contributed by atoms with Gasteiger partial charge in [0.25, 0.3) is 0 Å². The van der Waals surface area contributed by atoms with E-state index in [4.69, 9.17) is 5.73 Å². The Morgan fingerprint density at radius 3 is 2.38 bits per heavy atom. The van der Waals surface area contributed by atoms with Crippen LogP contribution in [0.5, 0.6) is 0 Å². The van der Waals surface area contributed by atoms with Gasteiger partial charge >= 0.3 is 0 Å². The van der Waals surface area contributed by atoms with E-state index in [9.17, 15) is 0 Å². The van der Waals surface area contributed by atoms with Gasteiger partial charge in [-0.3, -0.25) is 4.98 Å². The van der Waals surface area contributed by atoms with E-state index in [1.165, 1.54) is 0 Å². The molecule has 0 fully saturated rings. The lowest BCUT2D eigenvalue weighted by Crippen LogP contribution is -1.97. The molecular weight excluding hydrogens is 334 g/mol. The van der Waals surface area contributed by atoms with E-state index < -0.39 is 0 Å². The van der Waals surface area contributed by atoms with E-state index in [0.29, 0.717) is 5.69 Å². The highest BCUT2D eigenvalue weighted by Gasteiger charge is 2.04. The summed E-state index contributed by atoms with van der Waals surface area (Å²) in [6.45, 7) is 0. The predicted molar refractivity (Wildman–Crippen MR) is 73.8 cm³/mol. The van der Waals surface area contributed by atoms with Crippen molar-refractivity contribution in [2.45, 2.75) is 0 Å². The number of halogens is 2. The van der Waals surface area contributed by atoms with Gasteiger partial charge in [-0.2, -0.15) is 0 Å². The van der Waals surface area contributed by atoms with Gasteiger partial charge in [0.2, 0.25) is 0 Å². The molecule has 0 saturated carbocycles. The molecule has 1 aromatic carbocycles. The van der Waals surface area contributed by atoms with E-state index in [-0.39, 0.29) is 0 Å². The molecule has 0 amide bonds. The number of hydrogen-bond donors (Lipinski definition) is 2. The van der Waals surface area contributed by atoms with Crippen LogP contribution in [-0.4, -0.2) is 4.98 Å². The molecule has 0 aliphatic rings. The minimum Gasteiger partial charge on any atom is -0.396 e. The van der Waals surface area contributed by atoms with Crippen LogP contribution in [0.4, 0.5) is 17.1 Å². The second-order valence-corrected chi connectivity index (χ2v) is 4.99. The number of nitrogen functional groups attached to an aromatic ring is 1. The fourth-order valence-corrected chi connectivity index (χ4v) is 1.97. The molecule has 2 aromatic rings. The maximum atomic E-state index is 5.83. The molecule has 16 heavy (non-hydrogen) atoms. The van der Waals surface area contributed by atoms with Crippen LogP contribution in [0.15, 0.2) is 45.6 Å². The maximum absolute atomic E-state index is 5.83. The molecule has 1 aromatic heterocycles. The second-order valence-electron chi connectivity index (χ2n) is 3.22. The molecule has 82 valence electrons. The molecule has 0 atom stereocenters. The van der Waals surface area contributed by atoms with Crippen molar-refractivity contribution in [1.82, 2.24) is 4.98 Å². The van der Waals surface area contributed by atoms with Crippen LogP contribution in [-0.2, 0) is 0 Å². The number of hydrogen-bond acceptors (Lipinski definition) is 3. The molecule has 0 aliphatic carbocycles.